The van der Waals surface area contributed by atoms with Crippen molar-refractivity contribution in [3.63, 3.8) is 0 Å². The van der Waals surface area contributed by atoms with Crippen molar-refractivity contribution in [3.8, 4) is 0 Å². The Labute approximate surface area is 124 Å². The molecule has 1 aromatic rings. The standard InChI is InChI=1S/C6H12O6.C5H7N3O2/c7-1-2-3(8)4(9)5(10)6(11)12-2;6-4-3(2-9)1-7-5(10)8-4/h2-11H,1H2;1,9H,2H2,(H3,6,7,8,10)/t2-,3-,4+,5-,6+;/m1./s1. The number of aromatic amines is 1. The van der Waals surface area contributed by atoms with Gasteiger partial charge in [-0.2, -0.15) is 0 Å². The molecule has 126 valence electrons. The largest absolute Gasteiger partial charge is 0.394 e. The fourth-order valence-electron chi connectivity index (χ4n) is 1.64. The highest BCUT2D eigenvalue weighted by molar-refractivity contribution is 5.35. The number of nitrogen functional groups attached to an aromatic ring is 1. The molecular formula is C11H19N3O8. The lowest BCUT2D eigenvalue weighted by Gasteiger charge is -2.37. The molecule has 2 rings (SSSR count). The zero-order valence-corrected chi connectivity index (χ0v) is 11.4. The maximum Gasteiger partial charge on any atom is 0.346 e. The molecule has 22 heavy (non-hydrogen) atoms. The Bertz CT molecular complexity index is 520. The lowest BCUT2D eigenvalue weighted by Crippen LogP contribution is -2.58. The molecule has 11 nitrogen and oxygen atoms in total. The second-order valence-corrected chi connectivity index (χ2v) is 4.50. The molecule has 0 aromatic carbocycles. The molecule has 0 aliphatic carbocycles. The van der Waals surface area contributed by atoms with Crippen molar-refractivity contribution >= 4 is 5.82 Å². The molecule has 0 radical (unpaired) electrons. The highest BCUT2D eigenvalue weighted by Gasteiger charge is 2.42. The van der Waals surface area contributed by atoms with Crippen LogP contribution in [0.3, 0.4) is 0 Å². The number of aliphatic hydroxyl groups excluding tert-OH is 6. The Morgan fingerprint density at radius 1 is 1.18 bits per heavy atom. The molecule has 9 N–H and O–H groups in total. The first-order chi connectivity index (χ1) is 10.3. The van der Waals surface area contributed by atoms with Crippen LogP contribution in [-0.4, -0.2) is 77.9 Å². The minimum atomic E-state index is -1.57. The fraction of sp³-hybridized carbons (Fsp3) is 0.636. The zero-order chi connectivity index (χ0) is 16.9. The van der Waals surface area contributed by atoms with Crippen LogP contribution in [0.25, 0.3) is 0 Å². The summed E-state index contributed by atoms with van der Waals surface area (Å²) >= 11 is 0. The number of ether oxygens (including phenoxy) is 1. The van der Waals surface area contributed by atoms with E-state index in [0.717, 1.165) is 0 Å². The van der Waals surface area contributed by atoms with E-state index in [-0.39, 0.29) is 12.4 Å². The Morgan fingerprint density at radius 3 is 2.32 bits per heavy atom. The average molecular weight is 321 g/mol. The van der Waals surface area contributed by atoms with Crippen LogP contribution in [0.4, 0.5) is 5.82 Å². The van der Waals surface area contributed by atoms with Crippen LogP contribution >= 0.6 is 0 Å². The van der Waals surface area contributed by atoms with E-state index in [1.807, 2.05) is 0 Å². The van der Waals surface area contributed by atoms with Crippen molar-refractivity contribution in [2.45, 2.75) is 37.3 Å². The molecule has 1 aromatic heterocycles. The summed E-state index contributed by atoms with van der Waals surface area (Å²) in [5.74, 6) is 0.169. The van der Waals surface area contributed by atoms with Crippen molar-refractivity contribution < 1.29 is 35.4 Å². The van der Waals surface area contributed by atoms with E-state index in [9.17, 15) is 4.79 Å². The minimum Gasteiger partial charge on any atom is -0.394 e. The topological polar surface area (TPSA) is 202 Å². The number of nitrogens with one attached hydrogen (secondary N) is 1. The highest BCUT2D eigenvalue weighted by Crippen LogP contribution is 2.18. The number of nitrogens with two attached hydrogens (primary N) is 1. The van der Waals surface area contributed by atoms with Gasteiger partial charge < -0.3 is 41.1 Å². The Morgan fingerprint density at radius 2 is 1.82 bits per heavy atom. The molecule has 11 heteroatoms. The number of aromatic nitrogens is 2. The smallest absolute Gasteiger partial charge is 0.346 e. The highest BCUT2D eigenvalue weighted by atomic mass is 16.6. The third kappa shape index (κ3) is 4.45. The lowest BCUT2D eigenvalue weighted by atomic mass is 10.00. The molecule has 0 saturated carbocycles. The Hall–Kier alpha value is -1.60. The summed E-state index contributed by atoms with van der Waals surface area (Å²) < 4.78 is 4.58. The third-order valence-electron chi connectivity index (χ3n) is 2.96. The predicted octanol–water partition coefficient (Wildman–Crippen LogP) is -4.38. The summed E-state index contributed by atoms with van der Waals surface area (Å²) in [6.45, 7) is -0.738. The summed E-state index contributed by atoms with van der Waals surface area (Å²) in [6.07, 6.45) is -5.80. The number of hydrogen-bond acceptors (Lipinski definition) is 10. The van der Waals surface area contributed by atoms with Gasteiger partial charge in [-0.1, -0.05) is 0 Å². The van der Waals surface area contributed by atoms with E-state index in [2.05, 4.69) is 14.7 Å². The summed E-state index contributed by atoms with van der Waals surface area (Å²) in [6, 6.07) is 0. The number of rotatable bonds is 2. The quantitative estimate of drug-likeness (QED) is 0.263. The first-order valence-electron chi connectivity index (χ1n) is 6.25. The minimum absolute atomic E-state index is 0.169. The molecule has 5 atom stereocenters. The van der Waals surface area contributed by atoms with E-state index in [0.29, 0.717) is 5.56 Å². The van der Waals surface area contributed by atoms with Crippen molar-refractivity contribution in [1.82, 2.24) is 9.97 Å². The van der Waals surface area contributed by atoms with E-state index < -0.39 is 43.0 Å². The van der Waals surface area contributed by atoms with Gasteiger partial charge in [-0.05, 0) is 0 Å². The SMILES string of the molecule is Nc1[nH]c(=O)ncc1CO.OC[C@H]1O[C@H](O)[C@H](O)[C@@H](O)[C@@H]1O. The van der Waals surface area contributed by atoms with Crippen molar-refractivity contribution in [2.24, 2.45) is 0 Å². The first kappa shape index (κ1) is 18.4. The van der Waals surface area contributed by atoms with E-state index in [1.54, 1.807) is 0 Å². The van der Waals surface area contributed by atoms with Gasteiger partial charge in [0.05, 0.1) is 13.2 Å². The molecule has 1 fully saturated rings. The molecule has 1 saturated heterocycles. The van der Waals surface area contributed by atoms with Crippen molar-refractivity contribution in [3.05, 3.63) is 22.2 Å². The van der Waals surface area contributed by atoms with Gasteiger partial charge in [-0.3, -0.25) is 4.98 Å². The van der Waals surface area contributed by atoms with Crippen LogP contribution in [0.5, 0.6) is 0 Å². The molecule has 0 bridgehead atoms. The number of hydrogen-bond donors (Lipinski definition) is 8. The van der Waals surface area contributed by atoms with Gasteiger partial charge in [0.15, 0.2) is 6.29 Å². The second-order valence-electron chi connectivity index (χ2n) is 4.50. The van der Waals surface area contributed by atoms with Crippen LogP contribution < -0.4 is 11.4 Å². The van der Waals surface area contributed by atoms with Gasteiger partial charge in [-0.25, -0.2) is 9.78 Å². The maximum absolute atomic E-state index is 10.4. The van der Waals surface area contributed by atoms with Gasteiger partial charge in [0.25, 0.3) is 0 Å². The molecule has 0 unspecified atom stereocenters. The van der Waals surface area contributed by atoms with Gasteiger partial charge in [-0.15, -0.1) is 0 Å². The van der Waals surface area contributed by atoms with Crippen LogP contribution in [0.1, 0.15) is 5.56 Å². The second kappa shape index (κ2) is 8.14. The Balaban J connectivity index is 0.000000224. The molecule has 1 aliphatic rings. The Kier molecular flexibility index (Phi) is 6.83. The molecule has 1 aliphatic heterocycles. The molecular weight excluding hydrogens is 302 g/mol. The van der Waals surface area contributed by atoms with E-state index in [1.165, 1.54) is 6.20 Å². The number of nitrogens with zero attached hydrogens (tertiary/aromatic N) is 1. The summed E-state index contributed by atoms with van der Waals surface area (Å²) in [4.78, 5) is 16.0. The summed E-state index contributed by atoms with van der Waals surface area (Å²) in [5.41, 5.74) is 5.20. The van der Waals surface area contributed by atoms with Gasteiger partial charge in [0.1, 0.15) is 30.2 Å². The monoisotopic (exact) mass is 321 g/mol. The number of H-pyrrole nitrogens is 1. The van der Waals surface area contributed by atoms with E-state index >= 15 is 0 Å². The van der Waals surface area contributed by atoms with Crippen LogP contribution in [-0.2, 0) is 11.3 Å². The predicted molar refractivity (Wildman–Crippen MR) is 71.2 cm³/mol. The maximum atomic E-state index is 10.4. The van der Waals surface area contributed by atoms with E-state index in [4.69, 9.17) is 36.4 Å². The van der Waals surface area contributed by atoms with Crippen molar-refractivity contribution in [2.75, 3.05) is 12.3 Å². The first-order valence-corrected chi connectivity index (χ1v) is 6.25. The summed E-state index contributed by atoms with van der Waals surface area (Å²) in [7, 11) is 0. The van der Waals surface area contributed by atoms with Crippen LogP contribution in [0, 0.1) is 0 Å². The summed E-state index contributed by atoms with van der Waals surface area (Å²) in [5, 5.41) is 53.2. The van der Waals surface area contributed by atoms with Crippen LogP contribution in [0.2, 0.25) is 0 Å². The number of aliphatic hydroxyl groups is 6. The lowest BCUT2D eigenvalue weighted by molar-refractivity contribution is -0.286. The third-order valence-corrected chi connectivity index (χ3v) is 2.96. The molecule has 0 spiro atoms. The van der Waals surface area contributed by atoms with Gasteiger partial charge in [0, 0.05) is 11.8 Å². The average Bonchev–Trinajstić information content (AvgIpc) is 2.49. The normalized spacial score (nSPS) is 31.3. The molecule has 2 heterocycles. The number of anilines is 1. The van der Waals surface area contributed by atoms with Crippen molar-refractivity contribution in [1.29, 1.82) is 0 Å². The zero-order valence-electron chi connectivity index (χ0n) is 11.4. The molecule has 0 amide bonds. The van der Waals surface area contributed by atoms with Gasteiger partial charge in [0.2, 0.25) is 0 Å². The van der Waals surface area contributed by atoms with Crippen LogP contribution in [0.15, 0.2) is 11.0 Å². The van der Waals surface area contributed by atoms with Gasteiger partial charge >= 0.3 is 5.69 Å². The fourth-order valence-corrected chi connectivity index (χ4v) is 1.64.